The Bertz CT molecular complexity index is 233. The van der Waals surface area contributed by atoms with E-state index in [9.17, 15) is 4.79 Å². The summed E-state index contributed by atoms with van der Waals surface area (Å²) in [6.45, 7) is 3.43. The SMILES string of the molecule is C=C(C#N)COC(=O)CCCCCBr. The summed E-state index contributed by atoms with van der Waals surface area (Å²) in [7, 11) is 0. The molecule has 0 aromatic rings. The molecule has 0 spiro atoms. The van der Waals surface area contributed by atoms with Crippen LogP contribution in [0.15, 0.2) is 12.2 Å². The largest absolute Gasteiger partial charge is 0.460 e. The van der Waals surface area contributed by atoms with Crippen molar-refractivity contribution in [2.45, 2.75) is 25.7 Å². The predicted molar refractivity (Wildman–Crippen MR) is 58.0 cm³/mol. The van der Waals surface area contributed by atoms with Gasteiger partial charge in [-0.15, -0.1) is 0 Å². The van der Waals surface area contributed by atoms with Crippen molar-refractivity contribution in [3.05, 3.63) is 12.2 Å². The third kappa shape index (κ3) is 7.81. The minimum atomic E-state index is -0.254. The fourth-order valence-electron chi connectivity index (χ4n) is 0.813. The highest BCUT2D eigenvalue weighted by Crippen LogP contribution is 2.03. The van der Waals surface area contributed by atoms with Crippen molar-refractivity contribution < 1.29 is 9.53 Å². The Morgan fingerprint density at radius 1 is 1.43 bits per heavy atom. The van der Waals surface area contributed by atoms with E-state index in [1.54, 1.807) is 0 Å². The average Bonchev–Trinajstić information content (AvgIpc) is 2.21. The van der Waals surface area contributed by atoms with E-state index < -0.39 is 0 Å². The molecule has 0 aromatic carbocycles. The summed E-state index contributed by atoms with van der Waals surface area (Å²) in [5, 5.41) is 9.31. The van der Waals surface area contributed by atoms with Crippen LogP contribution in [-0.2, 0) is 9.53 Å². The Labute approximate surface area is 92.9 Å². The lowest BCUT2D eigenvalue weighted by atomic mass is 10.2. The van der Waals surface area contributed by atoms with Crippen molar-refractivity contribution in [2.24, 2.45) is 0 Å². The monoisotopic (exact) mass is 259 g/mol. The third-order valence-corrected chi connectivity index (χ3v) is 2.14. The number of nitriles is 1. The van der Waals surface area contributed by atoms with Crippen LogP contribution in [0.25, 0.3) is 0 Å². The highest BCUT2D eigenvalue weighted by molar-refractivity contribution is 9.09. The van der Waals surface area contributed by atoms with Gasteiger partial charge in [0.2, 0.25) is 0 Å². The van der Waals surface area contributed by atoms with E-state index in [1.807, 2.05) is 6.07 Å². The second-order valence-electron chi connectivity index (χ2n) is 2.88. The van der Waals surface area contributed by atoms with Crippen molar-refractivity contribution in [2.75, 3.05) is 11.9 Å². The van der Waals surface area contributed by atoms with Crippen LogP contribution in [-0.4, -0.2) is 17.9 Å². The topological polar surface area (TPSA) is 50.1 Å². The van der Waals surface area contributed by atoms with E-state index in [1.165, 1.54) is 0 Å². The molecule has 0 saturated heterocycles. The van der Waals surface area contributed by atoms with E-state index >= 15 is 0 Å². The number of rotatable bonds is 7. The zero-order chi connectivity index (χ0) is 10.8. The molecule has 0 fully saturated rings. The molecule has 0 aliphatic carbocycles. The second-order valence-corrected chi connectivity index (χ2v) is 3.67. The summed E-state index contributed by atoms with van der Waals surface area (Å²) in [4.78, 5) is 11.0. The molecule has 3 nitrogen and oxygen atoms in total. The molecule has 0 rings (SSSR count). The first-order chi connectivity index (χ1) is 6.70. The van der Waals surface area contributed by atoms with Crippen molar-refractivity contribution in [3.63, 3.8) is 0 Å². The van der Waals surface area contributed by atoms with Crippen LogP contribution in [0.1, 0.15) is 25.7 Å². The molecule has 0 radical (unpaired) electrons. The number of carbonyl (C=O) groups is 1. The van der Waals surface area contributed by atoms with Crippen molar-refractivity contribution in [1.82, 2.24) is 0 Å². The number of esters is 1. The van der Waals surface area contributed by atoms with Gasteiger partial charge in [-0.1, -0.05) is 28.9 Å². The van der Waals surface area contributed by atoms with Gasteiger partial charge in [-0.25, -0.2) is 0 Å². The Morgan fingerprint density at radius 2 is 2.14 bits per heavy atom. The lowest BCUT2D eigenvalue weighted by molar-refractivity contribution is -0.142. The Hall–Kier alpha value is -0.820. The van der Waals surface area contributed by atoms with Gasteiger partial charge in [-0.3, -0.25) is 4.79 Å². The van der Waals surface area contributed by atoms with Crippen LogP contribution in [0, 0.1) is 11.3 Å². The molecule has 14 heavy (non-hydrogen) atoms. The molecular formula is C10H14BrNO2. The fraction of sp³-hybridized carbons (Fsp3) is 0.600. The van der Waals surface area contributed by atoms with Crippen molar-refractivity contribution in [3.8, 4) is 6.07 Å². The number of alkyl halides is 1. The van der Waals surface area contributed by atoms with Crippen LogP contribution < -0.4 is 0 Å². The van der Waals surface area contributed by atoms with Crippen LogP contribution in [0.5, 0.6) is 0 Å². The minimum absolute atomic E-state index is 0.0216. The highest BCUT2D eigenvalue weighted by atomic mass is 79.9. The van der Waals surface area contributed by atoms with E-state index in [-0.39, 0.29) is 18.1 Å². The summed E-state index contributed by atoms with van der Waals surface area (Å²) in [6, 6.07) is 1.82. The number of carbonyl (C=O) groups excluding carboxylic acids is 1. The predicted octanol–water partition coefficient (Wildman–Crippen LogP) is 2.56. The summed E-state index contributed by atoms with van der Waals surface area (Å²) in [5.74, 6) is -0.254. The maximum absolute atomic E-state index is 11.0. The minimum Gasteiger partial charge on any atom is -0.460 e. The molecule has 0 N–H and O–H groups in total. The van der Waals surface area contributed by atoms with Gasteiger partial charge in [-0.05, 0) is 12.8 Å². The number of ether oxygens (including phenoxy) is 1. The van der Waals surface area contributed by atoms with Crippen molar-refractivity contribution >= 4 is 21.9 Å². The van der Waals surface area contributed by atoms with E-state index in [4.69, 9.17) is 10.00 Å². The lowest BCUT2D eigenvalue weighted by Gasteiger charge is -2.02. The maximum atomic E-state index is 11.0. The first-order valence-electron chi connectivity index (χ1n) is 4.50. The average molecular weight is 260 g/mol. The molecule has 0 aromatic heterocycles. The maximum Gasteiger partial charge on any atom is 0.306 e. The first-order valence-corrected chi connectivity index (χ1v) is 5.62. The van der Waals surface area contributed by atoms with Gasteiger partial charge in [0, 0.05) is 11.8 Å². The zero-order valence-corrected chi connectivity index (χ0v) is 9.68. The zero-order valence-electron chi connectivity index (χ0n) is 8.09. The molecular weight excluding hydrogens is 246 g/mol. The molecule has 0 unspecified atom stereocenters. The number of hydrogen-bond acceptors (Lipinski definition) is 3. The summed E-state index contributed by atoms with van der Waals surface area (Å²) < 4.78 is 4.80. The smallest absolute Gasteiger partial charge is 0.306 e. The highest BCUT2D eigenvalue weighted by Gasteiger charge is 2.02. The van der Waals surface area contributed by atoms with Gasteiger partial charge >= 0.3 is 5.97 Å². The number of halogens is 1. The van der Waals surface area contributed by atoms with Gasteiger partial charge < -0.3 is 4.74 Å². The van der Waals surface area contributed by atoms with Crippen molar-refractivity contribution in [1.29, 1.82) is 5.26 Å². The standard InChI is InChI=1S/C10H14BrNO2/c1-9(7-12)8-14-10(13)5-3-2-4-6-11/h1-6,8H2. The van der Waals surface area contributed by atoms with Gasteiger partial charge in [-0.2, -0.15) is 5.26 Å². The van der Waals surface area contributed by atoms with E-state index in [2.05, 4.69) is 22.5 Å². The Kier molecular flexibility index (Phi) is 8.25. The Morgan fingerprint density at radius 3 is 2.71 bits per heavy atom. The normalized spacial score (nSPS) is 9.14. The van der Waals surface area contributed by atoms with E-state index in [0.717, 1.165) is 24.6 Å². The molecule has 0 bridgehead atoms. The number of hydrogen-bond donors (Lipinski definition) is 0. The quantitative estimate of drug-likeness (QED) is 0.306. The van der Waals surface area contributed by atoms with Gasteiger partial charge in [0.25, 0.3) is 0 Å². The van der Waals surface area contributed by atoms with Gasteiger partial charge in [0.05, 0.1) is 11.6 Å². The van der Waals surface area contributed by atoms with Gasteiger partial charge in [0.1, 0.15) is 6.61 Å². The molecule has 0 aliphatic rings. The molecule has 0 aliphatic heterocycles. The summed E-state index contributed by atoms with van der Waals surface area (Å²) >= 11 is 3.31. The second kappa shape index (κ2) is 8.76. The number of nitrogens with zero attached hydrogens (tertiary/aromatic N) is 1. The van der Waals surface area contributed by atoms with Crippen LogP contribution in [0.2, 0.25) is 0 Å². The molecule has 0 saturated carbocycles. The first kappa shape index (κ1) is 13.2. The van der Waals surface area contributed by atoms with Gasteiger partial charge in [0.15, 0.2) is 0 Å². The fourth-order valence-corrected chi connectivity index (χ4v) is 1.21. The molecule has 0 amide bonds. The summed E-state index contributed by atoms with van der Waals surface area (Å²) in [5.41, 5.74) is 0.277. The Balaban J connectivity index is 3.38. The lowest BCUT2D eigenvalue weighted by Crippen LogP contribution is -2.06. The van der Waals surface area contributed by atoms with Crippen LogP contribution >= 0.6 is 15.9 Å². The molecule has 0 atom stereocenters. The van der Waals surface area contributed by atoms with Crippen LogP contribution in [0.3, 0.4) is 0 Å². The molecule has 4 heteroatoms. The third-order valence-electron chi connectivity index (χ3n) is 1.58. The summed E-state index contributed by atoms with van der Waals surface area (Å²) in [6.07, 6.45) is 3.34. The molecule has 0 heterocycles. The molecule has 78 valence electrons. The number of unbranched alkanes of at least 4 members (excludes halogenated alkanes) is 2. The van der Waals surface area contributed by atoms with E-state index in [0.29, 0.717) is 6.42 Å². The van der Waals surface area contributed by atoms with Crippen LogP contribution in [0.4, 0.5) is 0 Å².